The van der Waals surface area contributed by atoms with Crippen molar-refractivity contribution < 1.29 is 14.3 Å². The molecule has 2 rings (SSSR count). The van der Waals surface area contributed by atoms with E-state index in [-0.39, 0.29) is 6.61 Å². The van der Waals surface area contributed by atoms with E-state index in [4.69, 9.17) is 33.7 Å². The number of rotatable bonds is 6. The molecule has 0 radical (unpaired) electrons. The van der Waals surface area contributed by atoms with E-state index in [0.29, 0.717) is 26.9 Å². The zero-order valence-electron chi connectivity index (χ0n) is 12.3. The summed E-state index contributed by atoms with van der Waals surface area (Å²) >= 11 is 11.7. The summed E-state index contributed by atoms with van der Waals surface area (Å²) in [7, 11) is 0. The Morgan fingerprint density at radius 1 is 1.12 bits per heavy atom. The van der Waals surface area contributed by atoms with E-state index >= 15 is 0 Å². The number of amides is 2. The van der Waals surface area contributed by atoms with Gasteiger partial charge in [0.15, 0.2) is 6.61 Å². The summed E-state index contributed by atoms with van der Waals surface area (Å²) in [5.41, 5.74) is 8.32. The molecule has 0 aliphatic heterocycles. The molecular weight excluding hydrogens is 353 g/mol. The van der Waals surface area contributed by atoms with Crippen molar-refractivity contribution in [2.75, 3.05) is 6.61 Å². The first-order chi connectivity index (χ1) is 11.5. The van der Waals surface area contributed by atoms with Crippen LogP contribution in [0.15, 0.2) is 47.6 Å². The second-order valence-electron chi connectivity index (χ2n) is 4.64. The Bertz CT molecular complexity index is 777. The molecule has 0 aliphatic rings. The third-order valence-electron chi connectivity index (χ3n) is 2.82. The van der Waals surface area contributed by atoms with E-state index in [1.807, 2.05) is 0 Å². The van der Waals surface area contributed by atoms with Crippen LogP contribution in [0.25, 0.3) is 0 Å². The number of hydrogen-bond acceptors (Lipinski definition) is 4. The lowest BCUT2D eigenvalue weighted by atomic mass is 10.2. The number of nitrogens with one attached hydrogen (secondary N) is 1. The van der Waals surface area contributed by atoms with Gasteiger partial charge < -0.3 is 10.5 Å². The van der Waals surface area contributed by atoms with Crippen LogP contribution in [-0.2, 0) is 4.79 Å². The lowest BCUT2D eigenvalue weighted by Crippen LogP contribution is -2.20. The molecular formula is C16H13Cl2N3O3. The number of ether oxygens (including phenoxy) is 1. The molecule has 0 atom stereocenters. The van der Waals surface area contributed by atoms with Gasteiger partial charge in [-0.2, -0.15) is 5.10 Å². The van der Waals surface area contributed by atoms with Crippen LogP contribution in [0.5, 0.6) is 5.75 Å². The van der Waals surface area contributed by atoms with Crippen molar-refractivity contribution >= 4 is 41.2 Å². The van der Waals surface area contributed by atoms with Gasteiger partial charge in [-0.25, -0.2) is 5.43 Å². The standard InChI is InChI=1S/C16H13Cl2N3O3/c17-12-3-1-10(2-4-12)16(23)21-20-8-11-7-13(18)5-6-14(11)24-9-15(19)22/h1-8H,9H2,(H2,19,22)(H,21,23)/b20-8+. The number of hydrazone groups is 1. The highest BCUT2D eigenvalue weighted by atomic mass is 35.5. The molecule has 0 saturated carbocycles. The molecule has 124 valence electrons. The highest BCUT2D eigenvalue weighted by Crippen LogP contribution is 2.21. The summed E-state index contributed by atoms with van der Waals surface area (Å²) in [5, 5.41) is 4.84. The van der Waals surface area contributed by atoms with Gasteiger partial charge in [0.1, 0.15) is 5.75 Å². The molecule has 0 fully saturated rings. The van der Waals surface area contributed by atoms with Crippen molar-refractivity contribution in [3.8, 4) is 5.75 Å². The first-order valence-electron chi connectivity index (χ1n) is 6.75. The number of benzene rings is 2. The van der Waals surface area contributed by atoms with E-state index in [1.54, 1.807) is 42.5 Å². The van der Waals surface area contributed by atoms with E-state index in [0.717, 1.165) is 0 Å². The Morgan fingerprint density at radius 2 is 1.79 bits per heavy atom. The number of nitrogens with zero attached hydrogens (tertiary/aromatic N) is 1. The van der Waals surface area contributed by atoms with Crippen LogP contribution in [0.1, 0.15) is 15.9 Å². The van der Waals surface area contributed by atoms with Gasteiger partial charge in [-0.1, -0.05) is 23.2 Å². The van der Waals surface area contributed by atoms with Crippen LogP contribution in [0.3, 0.4) is 0 Å². The van der Waals surface area contributed by atoms with Gasteiger partial charge in [-0.05, 0) is 42.5 Å². The quantitative estimate of drug-likeness (QED) is 0.608. The Hall–Kier alpha value is -2.57. The summed E-state index contributed by atoms with van der Waals surface area (Å²) in [5.74, 6) is -0.642. The van der Waals surface area contributed by atoms with Gasteiger partial charge in [-0.15, -0.1) is 0 Å². The molecule has 2 amide bonds. The second-order valence-corrected chi connectivity index (χ2v) is 5.52. The lowest BCUT2D eigenvalue weighted by Gasteiger charge is -2.07. The Morgan fingerprint density at radius 3 is 2.46 bits per heavy atom. The fraction of sp³-hybridized carbons (Fsp3) is 0.0625. The highest BCUT2D eigenvalue weighted by Gasteiger charge is 2.06. The zero-order valence-corrected chi connectivity index (χ0v) is 13.8. The first-order valence-corrected chi connectivity index (χ1v) is 7.51. The van der Waals surface area contributed by atoms with Crippen molar-refractivity contribution in [1.29, 1.82) is 0 Å². The number of hydrogen-bond donors (Lipinski definition) is 2. The number of primary amides is 1. The zero-order chi connectivity index (χ0) is 17.5. The molecule has 2 aromatic carbocycles. The molecule has 2 aromatic rings. The molecule has 0 aromatic heterocycles. The molecule has 0 unspecified atom stereocenters. The minimum atomic E-state index is -0.608. The maximum absolute atomic E-state index is 11.9. The predicted molar refractivity (Wildman–Crippen MR) is 92.7 cm³/mol. The predicted octanol–water partition coefficient (Wildman–Crippen LogP) is 2.62. The minimum absolute atomic E-state index is 0.278. The van der Waals surface area contributed by atoms with Crippen LogP contribution in [0.4, 0.5) is 0 Å². The summed E-state index contributed by atoms with van der Waals surface area (Å²) < 4.78 is 5.26. The summed E-state index contributed by atoms with van der Waals surface area (Å²) in [6.07, 6.45) is 1.36. The van der Waals surface area contributed by atoms with Gasteiger partial charge >= 0.3 is 0 Å². The molecule has 0 heterocycles. The molecule has 0 spiro atoms. The third-order valence-corrected chi connectivity index (χ3v) is 3.30. The third kappa shape index (κ3) is 5.26. The summed E-state index contributed by atoms with van der Waals surface area (Å²) in [6, 6.07) is 11.1. The highest BCUT2D eigenvalue weighted by molar-refractivity contribution is 6.31. The molecule has 6 nitrogen and oxygen atoms in total. The van der Waals surface area contributed by atoms with Gasteiger partial charge in [0.05, 0.1) is 6.21 Å². The van der Waals surface area contributed by atoms with Crippen LogP contribution in [0, 0.1) is 0 Å². The number of carbonyl (C=O) groups is 2. The number of nitrogens with two attached hydrogens (primary N) is 1. The van der Waals surface area contributed by atoms with E-state index in [1.165, 1.54) is 6.21 Å². The van der Waals surface area contributed by atoms with Gasteiger partial charge in [0.25, 0.3) is 11.8 Å². The largest absolute Gasteiger partial charge is 0.483 e. The fourth-order valence-electron chi connectivity index (χ4n) is 1.73. The number of halogens is 2. The molecule has 0 bridgehead atoms. The monoisotopic (exact) mass is 365 g/mol. The van der Waals surface area contributed by atoms with Crippen molar-refractivity contribution in [3.63, 3.8) is 0 Å². The van der Waals surface area contributed by atoms with Crippen molar-refractivity contribution in [1.82, 2.24) is 5.43 Å². The van der Waals surface area contributed by atoms with Crippen LogP contribution in [-0.4, -0.2) is 24.6 Å². The molecule has 24 heavy (non-hydrogen) atoms. The Kier molecular flexibility index (Phi) is 6.17. The van der Waals surface area contributed by atoms with E-state index in [9.17, 15) is 9.59 Å². The molecule has 8 heteroatoms. The molecule has 0 aliphatic carbocycles. The van der Waals surface area contributed by atoms with Crippen LogP contribution < -0.4 is 15.9 Å². The SMILES string of the molecule is NC(=O)COc1ccc(Cl)cc1/C=N/NC(=O)c1ccc(Cl)cc1. The lowest BCUT2D eigenvalue weighted by molar-refractivity contribution is -0.119. The van der Waals surface area contributed by atoms with E-state index in [2.05, 4.69) is 10.5 Å². The first kappa shape index (κ1) is 17.8. The second kappa shape index (κ2) is 8.33. The maximum Gasteiger partial charge on any atom is 0.271 e. The Labute approximate surface area is 148 Å². The Balaban J connectivity index is 2.07. The van der Waals surface area contributed by atoms with Crippen LogP contribution >= 0.6 is 23.2 Å². The van der Waals surface area contributed by atoms with E-state index < -0.39 is 11.8 Å². The normalized spacial score (nSPS) is 10.6. The van der Waals surface area contributed by atoms with Gasteiger partial charge in [0.2, 0.25) is 0 Å². The topological polar surface area (TPSA) is 93.8 Å². The average Bonchev–Trinajstić information content (AvgIpc) is 2.54. The summed E-state index contributed by atoms with van der Waals surface area (Å²) in [4.78, 5) is 22.7. The van der Waals surface area contributed by atoms with Crippen molar-refractivity contribution in [2.45, 2.75) is 0 Å². The fourth-order valence-corrected chi connectivity index (χ4v) is 2.03. The smallest absolute Gasteiger partial charge is 0.271 e. The van der Waals surface area contributed by atoms with Crippen LogP contribution in [0.2, 0.25) is 10.0 Å². The van der Waals surface area contributed by atoms with Gasteiger partial charge in [0, 0.05) is 21.2 Å². The summed E-state index contributed by atoms with van der Waals surface area (Å²) in [6.45, 7) is -0.278. The minimum Gasteiger partial charge on any atom is -0.483 e. The van der Waals surface area contributed by atoms with Crippen molar-refractivity contribution in [2.24, 2.45) is 10.8 Å². The average molecular weight is 366 g/mol. The van der Waals surface area contributed by atoms with Crippen molar-refractivity contribution in [3.05, 3.63) is 63.6 Å². The van der Waals surface area contributed by atoms with Gasteiger partial charge in [-0.3, -0.25) is 9.59 Å². The molecule has 0 saturated heterocycles. The number of carbonyl (C=O) groups excluding carboxylic acids is 2. The maximum atomic E-state index is 11.9. The molecule has 3 N–H and O–H groups in total.